The van der Waals surface area contributed by atoms with Gasteiger partial charge in [-0.15, -0.1) is 11.3 Å². The van der Waals surface area contributed by atoms with Crippen LogP contribution < -0.4 is 10.1 Å². The van der Waals surface area contributed by atoms with Gasteiger partial charge in [-0.3, -0.25) is 4.79 Å². The second-order valence-electron chi connectivity index (χ2n) is 9.58. The third-order valence-electron chi connectivity index (χ3n) is 6.42. The average Bonchev–Trinajstić information content (AvgIpc) is 3.33. The number of carboxylic acids is 1. The normalized spacial score (nSPS) is 16.0. The molecular formula is C29H38N2O4S. The Morgan fingerprint density at radius 3 is 2.58 bits per heavy atom. The molecule has 1 saturated carbocycles. The summed E-state index contributed by atoms with van der Waals surface area (Å²) in [4.78, 5) is 29.0. The maximum atomic E-state index is 13.1. The zero-order chi connectivity index (χ0) is 25.9. The van der Waals surface area contributed by atoms with Gasteiger partial charge >= 0.3 is 5.97 Å². The second-order valence-corrected chi connectivity index (χ2v) is 10.5. The lowest BCUT2D eigenvalue weighted by Gasteiger charge is -2.24. The molecule has 1 aliphatic rings. The van der Waals surface area contributed by atoms with Crippen molar-refractivity contribution in [2.24, 2.45) is 5.92 Å². The van der Waals surface area contributed by atoms with E-state index in [2.05, 4.69) is 24.4 Å². The molecule has 1 amide bonds. The maximum absolute atomic E-state index is 13.1. The van der Waals surface area contributed by atoms with Crippen molar-refractivity contribution >= 4 is 29.3 Å². The zero-order valence-corrected chi connectivity index (χ0v) is 22.4. The number of nitrogens with one attached hydrogen (secondary N) is 1. The van der Waals surface area contributed by atoms with Gasteiger partial charge in [0.05, 0.1) is 18.3 Å². The van der Waals surface area contributed by atoms with E-state index < -0.39 is 5.97 Å². The molecule has 7 heteroatoms. The highest BCUT2D eigenvalue weighted by Crippen LogP contribution is 2.28. The Morgan fingerprint density at radius 2 is 1.92 bits per heavy atom. The zero-order valence-electron chi connectivity index (χ0n) is 21.6. The van der Waals surface area contributed by atoms with Crippen LogP contribution in [0.25, 0.3) is 6.08 Å². The molecule has 1 atom stereocenters. The average molecular weight is 511 g/mol. The third kappa shape index (κ3) is 8.63. The molecule has 194 valence electrons. The summed E-state index contributed by atoms with van der Waals surface area (Å²) in [5.41, 5.74) is 2.96. The first-order chi connectivity index (χ1) is 17.4. The molecule has 1 aromatic heterocycles. The van der Waals surface area contributed by atoms with Crippen LogP contribution in [0.4, 0.5) is 0 Å². The van der Waals surface area contributed by atoms with Gasteiger partial charge in [-0.1, -0.05) is 44.7 Å². The van der Waals surface area contributed by atoms with Crippen LogP contribution in [0.1, 0.15) is 88.0 Å². The quantitative estimate of drug-likeness (QED) is 0.188. The van der Waals surface area contributed by atoms with Gasteiger partial charge in [-0.25, -0.2) is 9.78 Å². The summed E-state index contributed by atoms with van der Waals surface area (Å²) in [7, 11) is 0. The minimum atomic E-state index is -0.936. The summed E-state index contributed by atoms with van der Waals surface area (Å²) in [6, 6.07) is 7.86. The molecule has 0 spiro atoms. The van der Waals surface area contributed by atoms with Gasteiger partial charge in [0.15, 0.2) is 0 Å². The fraction of sp³-hybridized carbons (Fsp3) is 0.483. The number of hydrogen-bond acceptors (Lipinski definition) is 5. The van der Waals surface area contributed by atoms with E-state index in [1.165, 1.54) is 17.8 Å². The van der Waals surface area contributed by atoms with Crippen molar-refractivity contribution in [2.45, 2.75) is 78.2 Å². The van der Waals surface area contributed by atoms with Gasteiger partial charge in [0.1, 0.15) is 10.8 Å². The highest BCUT2D eigenvalue weighted by atomic mass is 32.1. The van der Waals surface area contributed by atoms with E-state index in [0.717, 1.165) is 66.1 Å². The first kappa shape index (κ1) is 27.7. The number of amides is 1. The Hall–Kier alpha value is -2.93. The van der Waals surface area contributed by atoms with E-state index in [4.69, 9.17) is 14.8 Å². The van der Waals surface area contributed by atoms with Crippen LogP contribution in [0, 0.1) is 5.92 Å². The molecule has 0 unspecified atom stereocenters. The standard InChI is InChI=1S/C29H38N2O4S/c1-4-5-15-35-25-13-11-22(12-14-25)18-26(31-27(32)23-9-7-6-8-10-23)28-30-24(19-36-28)17-20(2)16-21(3)29(33)34/h11-14,16-17,19,23,26H,4-10,15,18H2,1-3H3,(H,31,32)(H,33,34)/b20-17+,21-16+/t26-/m0/s1. The Bertz CT molecular complexity index is 1070. The van der Waals surface area contributed by atoms with Gasteiger partial charge in [0.2, 0.25) is 5.91 Å². The van der Waals surface area contributed by atoms with Crippen molar-refractivity contribution in [1.82, 2.24) is 10.3 Å². The highest BCUT2D eigenvalue weighted by Gasteiger charge is 2.25. The number of carbonyl (C=O) groups is 2. The summed E-state index contributed by atoms with van der Waals surface area (Å²) < 4.78 is 5.79. The molecule has 36 heavy (non-hydrogen) atoms. The molecular weight excluding hydrogens is 472 g/mol. The van der Waals surface area contributed by atoms with Crippen LogP contribution >= 0.6 is 11.3 Å². The van der Waals surface area contributed by atoms with Crippen LogP contribution in [-0.2, 0) is 16.0 Å². The summed E-state index contributed by atoms with van der Waals surface area (Å²) in [5, 5.41) is 15.2. The lowest BCUT2D eigenvalue weighted by atomic mass is 9.88. The van der Waals surface area contributed by atoms with Crippen LogP contribution in [0.2, 0.25) is 0 Å². The lowest BCUT2D eigenvalue weighted by molar-refractivity contribution is -0.132. The molecule has 3 rings (SSSR count). The van der Waals surface area contributed by atoms with Crippen LogP contribution in [0.3, 0.4) is 0 Å². The molecule has 2 aromatic rings. The third-order valence-corrected chi connectivity index (χ3v) is 7.39. The van der Waals surface area contributed by atoms with Gasteiger partial charge in [-0.05, 0) is 75.0 Å². The number of rotatable bonds is 12. The lowest BCUT2D eigenvalue weighted by Crippen LogP contribution is -2.35. The van der Waals surface area contributed by atoms with Crippen molar-refractivity contribution in [3.8, 4) is 5.75 Å². The van der Waals surface area contributed by atoms with Crippen molar-refractivity contribution in [3.63, 3.8) is 0 Å². The minimum absolute atomic E-state index is 0.0706. The van der Waals surface area contributed by atoms with E-state index in [0.29, 0.717) is 13.0 Å². The van der Waals surface area contributed by atoms with Gasteiger partial charge in [-0.2, -0.15) is 0 Å². The van der Waals surface area contributed by atoms with Crippen molar-refractivity contribution in [1.29, 1.82) is 0 Å². The van der Waals surface area contributed by atoms with E-state index in [-0.39, 0.29) is 23.4 Å². The molecule has 0 radical (unpaired) electrons. The number of thiazole rings is 1. The summed E-state index contributed by atoms with van der Waals surface area (Å²) in [6.45, 7) is 6.29. The first-order valence-electron chi connectivity index (χ1n) is 12.9. The van der Waals surface area contributed by atoms with Crippen molar-refractivity contribution in [3.05, 3.63) is 63.1 Å². The maximum Gasteiger partial charge on any atom is 0.331 e. The number of allylic oxidation sites excluding steroid dienone is 2. The largest absolute Gasteiger partial charge is 0.494 e. The SMILES string of the molecule is CCCCOc1ccc(C[C@H](NC(=O)C2CCCCC2)c2nc(/C=C(C)/C=C(\C)C(=O)O)cs2)cc1. The van der Waals surface area contributed by atoms with Gasteiger partial charge in [0.25, 0.3) is 0 Å². The molecule has 6 nitrogen and oxygen atoms in total. The molecule has 1 aromatic carbocycles. The smallest absolute Gasteiger partial charge is 0.331 e. The number of benzene rings is 1. The topological polar surface area (TPSA) is 88.5 Å². The van der Waals surface area contributed by atoms with Crippen LogP contribution in [0.5, 0.6) is 5.75 Å². The Balaban J connectivity index is 1.77. The molecule has 1 heterocycles. The van der Waals surface area contributed by atoms with Crippen LogP contribution in [0.15, 0.2) is 46.9 Å². The number of carboxylic acid groups (broad SMARTS) is 1. The Morgan fingerprint density at radius 1 is 1.19 bits per heavy atom. The Labute approximate surface area is 218 Å². The minimum Gasteiger partial charge on any atom is -0.494 e. The van der Waals surface area contributed by atoms with Gasteiger partial charge < -0.3 is 15.2 Å². The number of hydrogen-bond donors (Lipinski definition) is 2. The number of aromatic nitrogens is 1. The molecule has 2 N–H and O–H groups in total. The summed E-state index contributed by atoms with van der Waals surface area (Å²) in [5.74, 6) is 0.106. The number of carbonyl (C=O) groups excluding carboxylic acids is 1. The molecule has 1 fully saturated rings. The number of unbranched alkanes of at least 4 members (excludes halogenated alkanes) is 1. The summed E-state index contributed by atoms with van der Waals surface area (Å²) in [6.07, 6.45) is 11.6. The van der Waals surface area contributed by atoms with E-state index in [9.17, 15) is 9.59 Å². The highest BCUT2D eigenvalue weighted by molar-refractivity contribution is 7.09. The van der Waals surface area contributed by atoms with E-state index in [1.54, 1.807) is 13.0 Å². The molecule has 0 aliphatic heterocycles. The van der Waals surface area contributed by atoms with Crippen molar-refractivity contribution < 1.29 is 19.4 Å². The predicted molar refractivity (Wildman–Crippen MR) is 145 cm³/mol. The number of aliphatic carboxylic acids is 1. The van der Waals surface area contributed by atoms with E-state index >= 15 is 0 Å². The monoisotopic (exact) mass is 510 g/mol. The number of ether oxygens (including phenoxy) is 1. The summed E-state index contributed by atoms with van der Waals surface area (Å²) >= 11 is 1.52. The fourth-order valence-corrected chi connectivity index (χ4v) is 5.18. The van der Waals surface area contributed by atoms with Crippen LogP contribution in [-0.4, -0.2) is 28.6 Å². The molecule has 0 saturated heterocycles. The van der Waals surface area contributed by atoms with Gasteiger partial charge in [0, 0.05) is 16.9 Å². The molecule has 1 aliphatic carbocycles. The Kier molecular flexibility index (Phi) is 10.7. The second kappa shape index (κ2) is 14.0. The van der Waals surface area contributed by atoms with Crippen molar-refractivity contribution in [2.75, 3.05) is 6.61 Å². The predicted octanol–water partition coefficient (Wildman–Crippen LogP) is 6.74. The van der Waals surface area contributed by atoms with E-state index in [1.807, 2.05) is 30.5 Å². The molecule has 0 bridgehead atoms. The first-order valence-corrected chi connectivity index (χ1v) is 13.8. The fourth-order valence-electron chi connectivity index (χ4n) is 4.35. The number of nitrogens with zero attached hydrogens (tertiary/aromatic N) is 1.